The predicted octanol–water partition coefficient (Wildman–Crippen LogP) is 0.314. The van der Waals surface area contributed by atoms with Crippen molar-refractivity contribution in [2.75, 3.05) is 13.1 Å². The number of benzene rings is 1. The summed E-state index contributed by atoms with van der Waals surface area (Å²) in [7, 11) is -3.53. The van der Waals surface area contributed by atoms with Gasteiger partial charge in [0.15, 0.2) is 0 Å². The number of nitriles is 1. The molecule has 90 valence electrons. The van der Waals surface area contributed by atoms with E-state index < -0.39 is 16.1 Å². The van der Waals surface area contributed by atoms with Crippen LogP contribution in [-0.2, 0) is 10.0 Å². The van der Waals surface area contributed by atoms with E-state index in [2.05, 4.69) is 0 Å². The van der Waals surface area contributed by atoms with Crippen molar-refractivity contribution in [3.05, 3.63) is 29.8 Å². The summed E-state index contributed by atoms with van der Waals surface area (Å²) >= 11 is 0. The van der Waals surface area contributed by atoms with Crippen molar-refractivity contribution in [3.63, 3.8) is 0 Å². The van der Waals surface area contributed by atoms with Crippen LogP contribution in [0.5, 0.6) is 0 Å². The van der Waals surface area contributed by atoms with E-state index >= 15 is 0 Å². The molecule has 0 saturated carbocycles. The Morgan fingerprint density at radius 1 is 1.35 bits per heavy atom. The molecule has 0 spiro atoms. The van der Waals surface area contributed by atoms with Gasteiger partial charge in [0.2, 0.25) is 10.0 Å². The number of sulfonamides is 1. The molecular formula is C11H12N2O3S. The molecule has 5 nitrogen and oxygen atoms in total. The molecule has 1 saturated heterocycles. The maximum atomic E-state index is 12.1. The number of aliphatic hydroxyl groups excluding tert-OH is 1. The summed E-state index contributed by atoms with van der Waals surface area (Å²) in [6, 6.07) is 7.71. The van der Waals surface area contributed by atoms with Crippen LogP contribution in [0.15, 0.2) is 29.2 Å². The van der Waals surface area contributed by atoms with Crippen molar-refractivity contribution >= 4 is 10.0 Å². The molecule has 0 amide bonds. The van der Waals surface area contributed by atoms with Crippen LogP contribution in [0.4, 0.5) is 0 Å². The lowest BCUT2D eigenvalue weighted by Crippen LogP contribution is -2.29. The van der Waals surface area contributed by atoms with Crippen LogP contribution in [0, 0.1) is 11.3 Å². The van der Waals surface area contributed by atoms with Crippen LogP contribution in [0.3, 0.4) is 0 Å². The SMILES string of the molecule is N#Cc1ccc(S(=O)(=O)N2CCC(O)C2)cc1. The number of nitrogens with zero attached hydrogens (tertiary/aromatic N) is 2. The van der Waals surface area contributed by atoms with Crippen molar-refractivity contribution in [2.24, 2.45) is 0 Å². The lowest BCUT2D eigenvalue weighted by atomic mass is 10.2. The van der Waals surface area contributed by atoms with Gasteiger partial charge in [0.25, 0.3) is 0 Å². The van der Waals surface area contributed by atoms with Gasteiger partial charge < -0.3 is 5.11 Å². The second-order valence-corrected chi connectivity index (χ2v) is 5.88. The van der Waals surface area contributed by atoms with E-state index in [1.807, 2.05) is 6.07 Å². The average molecular weight is 252 g/mol. The van der Waals surface area contributed by atoms with Crippen LogP contribution in [0.25, 0.3) is 0 Å². The molecule has 6 heteroatoms. The second-order valence-electron chi connectivity index (χ2n) is 3.94. The molecule has 17 heavy (non-hydrogen) atoms. The summed E-state index contributed by atoms with van der Waals surface area (Å²) in [6.45, 7) is 0.478. The predicted molar refractivity (Wildman–Crippen MR) is 60.5 cm³/mol. The van der Waals surface area contributed by atoms with Crippen molar-refractivity contribution in [2.45, 2.75) is 17.4 Å². The summed E-state index contributed by atoms with van der Waals surface area (Å²) in [5, 5.41) is 18.0. The van der Waals surface area contributed by atoms with E-state index in [0.717, 1.165) is 0 Å². The quantitative estimate of drug-likeness (QED) is 0.821. The standard InChI is InChI=1S/C11H12N2O3S/c12-7-9-1-3-11(4-2-9)17(15,16)13-6-5-10(14)8-13/h1-4,10,14H,5-6,8H2. The molecular weight excluding hydrogens is 240 g/mol. The topological polar surface area (TPSA) is 81.4 Å². The van der Waals surface area contributed by atoms with Crippen molar-refractivity contribution in [1.29, 1.82) is 5.26 Å². The monoisotopic (exact) mass is 252 g/mol. The Hall–Kier alpha value is -1.42. The van der Waals surface area contributed by atoms with Crippen molar-refractivity contribution in [3.8, 4) is 6.07 Å². The number of aliphatic hydroxyl groups is 1. The highest BCUT2D eigenvalue weighted by Crippen LogP contribution is 2.21. The van der Waals surface area contributed by atoms with Gasteiger partial charge in [-0.15, -0.1) is 0 Å². The van der Waals surface area contributed by atoms with Gasteiger partial charge in [-0.2, -0.15) is 9.57 Å². The Morgan fingerprint density at radius 2 is 2.00 bits per heavy atom. The maximum Gasteiger partial charge on any atom is 0.243 e. The molecule has 1 aliphatic rings. The van der Waals surface area contributed by atoms with Crippen LogP contribution < -0.4 is 0 Å². The minimum absolute atomic E-state index is 0.141. The third kappa shape index (κ3) is 2.31. The van der Waals surface area contributed by atoms with E-state index in [4.69, 9.17) is 5.26 Å². The molecule has 0 aromatic heterocycles. The summed E-state index contributed by atoms with van der Waals surface area (Å²) in [4.78, 5) is 0.158. The summed E-state index contributed by atoms with van der Waals surface area (Å²) in [5.74, 6) is 0. The Kier molecular flexibility index (Phi) is 3.15. The first-order chi connectivity index (χ1) is 8.04. The number of rotatable bonds is 2. The third-order valence-electron chi connectivity index (χ3n) is 2.75. The molecule has 1 aliphatic heterocycles. The zero-order valence-electron chi connectivity index (χ0n) is 9.07. The van der Waals surface area contributed by atoms with Crippen molar-refractivity contribution < 1.29 is 13.5 Å². The molecule has 1 aromatic carbocycles. The number of hydrogen-bond donors (Lipinski definition) is 1. The van der Waals surface area contributed by atoms with Crippen LogP contribution in [-0.4, -0.2) is 37.0 Å². The summed E-state index contributed by atoms with van der Waals surface area (Å²) in [6.07, 6.45) is -0.113. The second kappa shape index (κ2) is 4.45. The third-order valence-corrected chi connectivity index (χ3v) is 4.63. The first-order valence-corrected chi connectivity index (χ1v) is 6.66. The zero-order valence-corrected chi connectivity index (χ0v) is 9.89. The van der Waals surface area contributed by atoms with E-state index in [-0.39, 0.29) is 11.4 Å². The van der Waals surface area contributed by atoms with Crippen LogP contribution in [0.2, 0.25) is 0 Å². The highest BCUT2D eigenvalue weighted by Gasteiger charge is 2.31. The molecule has 1 aromatic rings. The fourth-order valence-corrected chi connectivity index (χ4v) is 3.27. The molecule has 1 N–H and O–H groups in total. The van der Waals surface area contributed by atoms with Crippen LogP contribution >= 0.6 is 0 Å². The Labute approximate surface area is 100.0 Å². The zero-order chi connectivity index (χ0) is 12.5. The van der Waals surface area contributed by atoms with E-state index in [9.17, 15) is 13.5 Å². The van der Waals surface area contributed by atoms with Gasteiger partial charge in [-0.05, 0) is 30.7 Å². The Bertz CT molecular complexity index is 545. The van der Waals surface area contributed by atoms with E-state index in [1.54, 1.807) is 0 Å². The smallest absolute Gasteiger partial charge is 0.243 e. The largest absolute Gasteiger partial charge is 0.392 e. The van der Waals surface area contributed by atoms with Crippen LogP contribution in [0.1, 0.15) is 12.0 Å². The van der Waals surface area contributed by atoms with Gasteiger partial charge in [-0.25, -0.2) is 8.42 Å². The van der Waals surface area contributed by atoms with Gasteiger partial charge in [0.05, 0.1) is 22.6 Å². The van der Waals surface area contributed by atoms with Gasteiger partial charge in [0, 0.05) is 13.1 Å². The van der Waals surface area contributed by atoms with Gasteiger partial charge in [0.1, 0.15) is 0 Å². The highest BCUT2D eigenvalue weighted by atomic mass is 32.2. The molecule has 2 rings (SSSR count). The summed E-state index contributed by atoms with van der Waals surface area (Å²) < 4.78 is 25.5. The number of hydrogen-bond acceptors (Lipinski definition) is 4. The van der Waals surface area contributed by atoms with Gasteiger partial charge >= 0.3 is 0 Å². The molecule has 1 fully saturated rings. The minimum Gasteiger partial charge on any atom is -0.392 e. The Balaban J connectivity index is 2.29. The fourth-order valence-electron chi connectivity index (χ4n) is 1.78. The fraction of sp³-hybridized carbons (Fsp3) is 0.364. The maximum absolute atomic E-state index is 12.1. The molecule has 1 unspecified atom stereocenters. The van der Waals surface area contributed by atoms with E-state index in [0.29, 0.717) is 18.5 Å². The first kappa shape index (κ1) is 12.0. The highest BCUT2D eigenvalue weighted by molar-refractivity contribution is 7.89. The molecule has 1 atom stereocenters. The summed E-state index contributed by atoms with van der Waals surface area (Å²) in [5.41, 5.74) is 0.422. The first-order valence-electron chi connectivity index (χ1n) is 5.22. The normalized spacial score (nSPS) is 21.3. The van der Waals surface area contributed by atoms with E-state index in [1.165, 1.54) is 28.6 Å². The molecule has 0 bridgehead atoms. The lowest BCUT2D eigenvalue weighted by Gasteiger charge is -2.15. The molecule has 0 radical (unpaired) electrons. The minimum atomic E-state index is -3.53. The lowest BCUT2D eigenvalue weighted by molar-refractivity contribution is 0.189. The average Bonchev–Trinajstić information content (AvgIpc) is 2.77. The van der Waals surface area contributed by atoms with Gasteiger partial charge in [-0.1, -0.05) is 0 Å². The molecule has 1 heterocycles. The van der Waals surface area contributed by atoms with Gasteiger partial charge in [-0.3, -0.25) is 0 Å². The Morgan fingerprint density at radius 3 is 2.47 bits per heavy atom. The number of β-amino-alcohol motifs (C(OH)–C–C–N with tert-alkyl or cyclic N) is 1. The molecule has 0 aliphatic carbocycles. The van der Waals surface area contributed by atoms with Crippen molar-refractivity contribution in [1.82, 2.24) is 4.31 Å².